The van der Waals surface area contributed by atoms with Crippen molar-refractivity contribution >= 4 is 5.91 Å². The highest BCUT2D eigenvalue weighted by molar-refractivity contribution is 5.79. The SMILES string of the molecule is O=C(Cc1cccc(F)c1)N(CCO)C1CCCC1. The van der Waals surface area contributed by atoms with Crippen molar-refractivity contribution in [2.24, 2.45) is 0 Å². The second-order valence-corrected chi connectivity index (χ2v) is 5.06. The van der Waals surface area contributed by atoms with Crippen LogP contribution in [0.5, 0.6) is 0 Å². The van der Waals surface area contributed by atoms with Gasteiger partial charge in [-0.1, -0.05) is 25.0 Å². The molecule has 1 aromatic carbocycles. The van der Waals surface area contributed by atoms with E-state index in [4.69, 9.17) is 5.11 Å². The van der Waals surface area contributed by atoms with Crippen LogP contribution >= 0.6 is 0 Å². The Morgan fingerprint density at radius 1 is 1.37 bits per heavy atom. The molecule has 0 radical (unpaired) electrons. The summed E-state index contributed by atoms with van der Waals surface area (Å²) in [7, 11) is 0. The summed E-state index contributed by atoms with van der Waals surface area (Å²) in [5, 5.41) is 9.10. The zero-order valence-corrected chi connectivity index (χ0v) is 11.0. The van der Waals surface area contributed by atoms with Crippen molar-refractivity contribution in [3.63, 3.8) is 0 Å². The first-order valence-corrected chi connectivity index (χ1v) is 6.85. The number of amides is 1. The predicted octanol–water partition coefficient (Wildman–Crippen LogP) is 2.13. The van der Waals surface area contributed by atoms with Crippen molar-refractivity contribution in [1.82, 2.24) is 4.90 Å². The van der Waals surface area contributed by atoms with Gasteiger partial charge in [-0.25, -0.2) is 4.39 Å². The summed E-state index contributed by atoms with van der Waals surface area (Å²) in [6.07, 6.45) is 4.50. The number of benzene rings is 1. The van der Waals surface area contributed by atoms with Gasteiger partial charge >= 0.3 is 0 Å². The number of carbonyl (C=O) groups is 1. The molecule has 1 aromatic rings. The van der Waals surface area contributed by atoms with Gasteiger partial charge in [0.1, 0.15) is 5.82 Å². The van der Waals surface area contributed by atoms with E-state index in [0.29, 0.717) is 12.1 Å². The third-order valence-electron chi connectivity index (χ3n) is 3.67. The fourth-order valence-electron chi connectivity index (χ4n) is 2.76. The van der Waals surface area contributed by atoms with Crippen LogP contribution < -0.4 is 0 Å². The van der Waals surface area contributed by atoms with Gasteiger partial charge in [-0.2, -0.15) is 0 Å². The van der Waals surface area contributed by atoms with Gasteiger partial charge in [0.05, 0.1) is 13.0 Å². The first-order valence-electron chi connectivity index (χ1n) is 6.85. The highest BCUT2D eigenvalue weighted by atomic mass is 19.1. The van der Waals surface area contributed by atoms with Gasteiger partial charge in [0.25, 0.3) is 0 Å². The number of rotatable bonds is 5. The number of carbonyl (C=O) groups excluding carboxylic acids is 1. The number of hydrogen-bond acceptors (Lipinski definition) is 2. The molecule has 1 fully saturated rings. The maximum absolute atomic E-state index is 13.1. The summed E-state index contributed by atoms with van der Waals surface area (Å²) < 4.78 is 13.1. The second kappa shape index (κ2) is 6.66. The molecule has 0 aliphatic heterocycles. The van der Waals surface area contributed by atoms with Crippen LogP contribution in [-0.4, -0.2) is 35.1 Å². The predicted molar refractivity (Wildman–Crippen MR) is 71.2 cm³/mol. The van der Waals surface area contributed by atoms with Crippen LogP contribution in [0.3, 0.4) is 0 Å². The molecule has 0 heterocycles. The van der Waals surface area contributed by atoms with Crippen LogP contribution in [0.2, 0.25) is 0 Å². The van der Waals surface area contributed by atoms with E-state index < -0.39 is 0 Å². The molecule has 0 atom stereocenters. The normalized spacial score (nSPS) is 15.7. The van der Waals surface area contributed by atoms with Gasteiger partial charge in [-0.15, -0.1) is 0 Å². The van der Waals surface area contributed by atoms with E-state index in [0.717, 1.165) is 25.7 Å². The number of aliphatic hydroxyl groups excluding tert-OH is 1. The Morgan fingerprint density at radius 2 is 2.11 bits per heavy atom. The fraction of sp³-hybridized carbons (Fsp3) is 0.533. The van der Waals surface area contributed by atoms with E-state index in [9.17, 15) is 9.18 Å². The average Bonchev–Trinajstić information content (AvgIpc) is 2.89. The summed E-state index contributed by atoms with van der Waals surface area (Å²) in [6.45, 7) is 0.351. The molecule has 3 nitrogen and oxygen atoms in total. The topological polar surface area (TPSA) is 40.5 Å². The molecule has 0 aromatic heterocycles. The van der Waals surface area contributed by atoms with Crippen LogP contribution in [0.25, 0.3) is 0 Å². The molecule has 0 spiro atoms. The number of halogens is 1. The summed E-state index contributed by atoms with van der Waals surface area (Å²) in [5.74, 6) is -0.341. The van der Waals surface area contributed by atoms with E-state index in [1.165, 1.54) is 12.1 Å². The van der Waals surface area contributed by atoms with Crippen LogP contribution in [0.4, 0.5) is 4.39 Å². The highest BCUT2D eigenvalue weighted by Gasteiger charge is 2.26. The van der Waals surface area contributed by atoms with E-state index in [-0.39, 0.29) is 30.8 Å². The third kappa shape index (κ3) is 3.77. The Bertz CT molecular complexity index is 430. The lowest BCUT2D eigenvalue weighted by Crippen LogP contribution is -2.41. The van der Waals surface area contributed by atoms with Crippen molar-refractivity contribution in [2.45, 2.75) is 38.1 Å². The van der Waals surface area contributed by atoms with Gasteiger partial charge in [-0.3, -0.25) is 4.79 Å². The smallest absolute Gasteiger partial charge is 0.227 e. The van der Waals surface area contributed by atoms with Crippen molar-refractivity contribution in [3.05, 3.63) is 35.6 Å². The Labute approximate surface area is 113 Å². The van der Waals surface area contributed by atoms with Gasteiger partial charge < -0.3 is 10.0 Å². The van der Waals surface area contributed by atoms with Crippen molar-refractivity contribution < 1.29 is 14.3 Å². The first-order chi connectivity index (χ1) is 9.20. The van der Waals surface area contributed by atoms with Crippen LogP contribution in [0, 0.1) is 5.82 Å². The Balaban J connectivity index is 2.02. The monoisotopic (exact) mass is 265 g/mol. The number of nitrogens with zero attached hydrogens (tertiary/aromatic N) is 1. The molecule has 0 bridgehead atoms. The molecule has 1 amide bonds. The molecule has 2 rings (SSSR count). The first kappa shape index (κ1) is 14.0. The number of hydrogen-bond donors (Lipinski definition) is 1. The van der Waals surface area contributed by atoms with E-state index in [1.54, 1.807) is 17.0 Å². The summed E-state index contributed by atoms with van der Waals surface area (Å²) in [4.78, 5) is 14.1. The van der Waals surface area contributed by atoms with E-state index in [1.807, 2.05) is 0 Å². The second-order valence-electron chi connectivity index (χ2n) is 5.06. The summed E-state index contributed by atoms with van der Waals surface area (Å²) in [6, 6.07) is 6.38. The van der Waals surface area contributed by atoms with E-state index >= 15 is 0 Å². The molecule has 104 valence electrons. The molecule has 1 aliphatic rings. The van der Waals surface area contributed by atoms with Crippen molar-refractivity contribution in [3.8, 4) is 0 Å². The quantitative estimate of drug-likeness (QED) is 0.886. The van der Waals surface area contributed by atoms with Crippen LogP contribution in [-0.2, 0) is 11.2 Å². The zero-order valence-electron chi connectivity index (χ0n) is 11.0. The van der Waals surface area contributed by atoms with E-state index in [2.05, 4.69) is 0 Å². The van der Waals surface area contributed by atoms with Gasteiger partial charge in [0.2, 0.25) is 5.91 Å². The molecule has 0 saturated heterocycles. The summed E-state index contributed by atoms with van der Waals surface area (Å²) >= 11 is 0. The molecule has 1 aliphatic carbocycles. The van der Waals surface area contributed by atoms with Gasteiger partial charge in [-0.05, 0) is 30.5 Å². The number of aliphatic hydroxyl groups is 1. The fourth-order valence-corrected chi connectivity index (χ4v) is 2.76. The maximum atomic E-state index is 13.1. The molecular formula is C15H20FNO2. The minimum atomic E-state index is -0.320. The Kier molecular flexibility index (Phi) is 4.91. The van der Waals surface area contributed by atoms with Gasteiger partial charge in [0, 0.05) is 12.6 Å². The van der Waals surface area contributed by atoms with Gasteiger partial charge in [0.15, 0.2) is 0 Å². The standard InChI is InChI=1S/C15H20FNO2/c16-13-5-3-4-12(10-13)11-15(19)17(8-9-18)14-6-1-2-7-14/h3-5,10,14,18H,1-2,6-9,11H2. The molecule has 1 N–H and O–H groups in total. The average molecular weight is 265 g/mol. The highest BCUT2D eigenvalue weighted by Crippen LogP contribution is 2.24. The van der Waals surface area contributed by atoms with Crippen molar-refractivity contribution in [1.29, 1.82) is 0 Å². The van der Waals surface area contributed by atoms with Crippen LogP contribution in [0.1, 0.15) is 31.2 Å². The Hall–Kier alpha value is -1.42. The van der Waals surface area contributed by atoms with Crippen molar-refractivity contribution in [2.75, 3.05) is 13.2 Å². The maximum Gasteiger partial charge on any atom is 0.227 e. The van der Waals surface area contributed by atoms with Crippen LogP contribution in [0.15, 0.2) is 24.3 Å². The zero-order chi connectivity index (χ0) is 13.7. The summed E-state index contributed by atoms with van der Waals surface area (Å²) in [5.41, 5.74) is 0.686. The molecular weight excluding hydrogens is 245 g/mol. The minimum Gasteiger partial charge on any atom is -0.395 e. The Morgan fingerprint density at radius 3 is 2.74 bits per heavy atom. The molecule has 19 heavy (non-hydrogen) atoms. The minimum absolute atomic E-state index is 0.0217. The largest absolute Gasteiger partial charge is 0.395 e. The lowest BCUT2D eigenvalue weighted by molar-refractivity contribution is -0.133. The lowest BCUT2D eigenvalue weighted by Gasteiger charge is -2.28. The third-order valence-corrected chi connectivity index (χ3v) is 3.67. The molecule has 1 saturated carbocycles. The lowest BCUT2D eigenvalue weighted by atomic mass is 10.1. The molecule has 0 unspecified atom stereocenters. The molecule has 4 heteroatoms.